The lowest BCUT2D eigenvalue weighted by molar-refractivity contribution is -0.385. The van der Waals surface area contributed by atoms with Crippen LogP contribution in [0.2, 0.25) is 0 Å². The van der Waals surface area contributed by atoms with Gasteiger partial charge in [-0.1, -0.05) is 23.7 Å². The van der Waals surface area contributed by atoms with Gasteiger partial charge in [-0.15, -0.1) is 0 Å². The van der Waals surface area contributed by atoms with Crippen molar-refractivity contribution < 1.29 is 19.3 Å². The van der Waals surface area contributed by atoms with Gasteiger partial charge in [-0.3, -0.25) is 29.4 Å². The second-order valence-electron chi connectivity index (χ2n) is 6.77. The standard InChI is InChI=1S/C18H18ClN3O5/c1-9-3-5-12(8-15(9)22(26)27)20-16(23)10(2)21-17(24)13-6-4-11(19)7-14(13)18(21)25/h3-5,8,10,13-14H,6-7H2,1-2H3,(H,20,23)/t10-,13-,14+/m0/s1. The van der Waals surface area contributed by atoms with Crippen molar-refractivity contribution in [3.8, 4) is 0 Å². The first-order valence-electron chi connectivity index (χ1n) is 8.48. The van der Waals surface area contributed by atoms with Crippen molar-refractivity contribution in [1.29, 1.82) is 0 Å². The van der Waals surface area contributed by atoms with Crippen molar-refractivity contribution in [3.05, 3.63) is 45.0 Å². The van der Waals surface area contributed by atoms with Crippen molar-refractivity contribution in [2.24, 2.45) is 11.8 Å². The third-order valence-corrected chi connectivity index (χ3v) is 5.35. The highest BCUT2D eigenvalue weighted by Crippen LogP contribution is 2.39. The lowest BCUT2D eigenvalue weighted by Crippen LogP contribution is -2.46. The highest BCUT2D eigenvalue weighted by atomic mass is 35.5. The van der Waals surface area contributed by atoms with Crippen LogP contribution in [0.15, 0.2) is 29.3 Å². The molecule has 3 amide bonds. The number of amides is 3. The minimum absolute atomic E-state index is 0.125. The predicted molar refractivity (Wildman–Crippen MR) is 97.9 cm³/mol. The number of hydrogen-bond acceptors (Lipinski definition) is 5. The number of nitrogens with one attached hydrogen (secondary N) is 1. The molecule has 0 radical (unpaired) electrons. The third kappa shape index (κ3) is 3.44. The van der Waals surface area contributed by atoms with Crippen molar-refractivity contribution >= 4 is 40.7 Å². The first-order valence-corrected chi connectivity index (χ1v) is 8.86. The van der Waals surface area contributed by atoms with Gasteiger partial charge in [0.15, 0.2) is 0 Å². The van der Waals surface area contributed by atoms with E-state index in [2.05, 4.69) is 5.32 Å². The van der Waals surface area contributed by atoms with Gasteiger partial charge in [0.25, 0.3) is 5.69 Å². The number of benzene rings is 1. The van der Waals surface area contributed by atoms with Gasteiger partial charge in [-0.05, 0) is 32.8 Å². The second-order valence-corrected chi connectivity index (χ2v) is 7.26. The Hall–Kier alpha value is -2.74. The van der Waals surface area contributed by atoms with Crippen LogP contribution in [-0.2, 0) is 14.4 Å². The minimum Gasteiger partial charge on any atom is -0.324 e. The monoisotopic (exact) mass is 391 g/mol. The maximum Gasteiger partial charge on any atom is 0.274 e. The number of anilines is 1. The summed E-state index contributed by atoms with van der Waals surface area (Å²) >= 11 is 5.99. The van der Waals surface area contributed by atoms with Crippen LogP contribution in [-0.4, -0.2) is 33.6 Å². The molecule has 142 valence electrons. The van der Waals surface area contributed by atoms with Crippen LogP contribution in [0.3, 0.4) is 0 Å². The molecular formula is C18H18ClN3O5. The number of aryl methyl sites for hydroxylation is 1. The van der Waals surface area contributed by atoms with E-state index in [1.54, 1.807) is 13.0 Å². The molecule has 1 aromatic carbocycles. The van der Waals surface area contributed by atoms with Gasteiger partial charge in [0, 0.05) is 22.3 Å². The molecule has 2 aliphatic rings. The van der Waals surface area contributed by atoms with Gasteiger partial charge >= 0.3 is 0 Å². The molecule has 0 unspecified atom stereocenters. The quantitative estimate of drug-likeness (QED) is 0.482. The first-order chi connectivity index (χ1) is 12.7. The number of rotatable bonds is 4. The molecule has 3 atom stereocenters. The number of fused-ring (bicyclic) bond motifs is 1. The smallest absolute Gasteiger partial charge is 0.274 e. The zero-order valence-electron chi connectivity index (χ0n) is 14.8. The Kier molecular flexibility index (Phi) is 5.01. The fourth-order valence-corrected chi connectivity index (χ4v) is 3.74. The van der Waals surface area contributed by atoms with Crippen LogP contribution in [0, 0.1) is 28.9 Å². The van der Waals surface area contributed by atoms with Crippen LogP contribution >= 0.6 is 11.6 Å². The van der Waals surface area contributed by atoms with E-state index >= 15 is 0 Å². The van der Waals surface area contributed by atoms with Crippen LogP contribution in [0.25, 0.3) is 0 Å². The Labute approximate surface area is 160 Å². The minimum atomic E-state index is -1.03. The molecule has 0 aromatic heterocycles. The summed E-state index contributed by atoms with van der Waals surface area (Å²) in [5, 5.41) is 14.1. The fourth-order valence-electron chi connectivity index (χ4n) is 3.48. The summed E-state index contributed by atoms with van der Waals surface area (Å²) in [7, 11) is 0. The van der Waals surface area contributed by atoms with E-state index in [1.165, 1.54) is 25.1 Å². The molecule has 0 bridgehead atoms. The second kappa shape index (κ2) is 7.11. The predicted octanol–water partition coefficient (Wildman–Crippen LogP) is 2.75. The van der Waals surface area contributed by atoms with Gasteiger partial charge in [0.05, 0.1) is 16.8 Å². The lowest BCUT2D eigenvalue weighted by atomic mass is 9.85. The number of carbonyl (C=O) groups is 3. The number of carbonyl (C=O) groups excluding carboxylic acids is 3. The maximum absolute atomic E-state index is 12.6. The number of halogens is 1. The molecule has 1 N–H and O–H groups in total. The number of allylic oxidation sites excluding steroid dienone is 2. The molecule has 0 saturated carbocycles. The average Bonchev–Trinajstić information content (AvgIpc) is 2.86. The largest absolute Gasteiger partial charge is 0.324 e. The Morgan fingerprint density at radius 3 is 2.67 bits per heavy atom. The summed E-state index contributed by atoms with van der Waals surface area (Å²) in [4.78, 5) is 49.3. The zero-order valence-corrected chi connectivity index (χ0v) is 15.5. The number of imide groups is 1. The van der Waals surface area contributed by atoms with Crippen LogP contribution in [0.5, 0.6) is 0 Å². The number of nitrogens with zero attached hydrogens (tertiary/aromatic N) is 2. The topological polar surface area (TPSA) is 110 Å². The number of nitro benzene ring substituents is 1. The SMILES string of the molecule is Cc1ccc(NC(=O)[C@H](C)N2C(=O)[C@H]3CC=C(Cl)C[C@H]3C2=O)cc1[N+](=O)[O-]. The van der Waals surface area contributed by atoms with E-state index < -0.39 is 34.6 Å². The van der Waals surface area contributed by atoms with E-state index in [9.17, 15) is 24.5 Å². The molecule has 1 saturated heterocycles. The highest BCUT2D eigenvalue weighted by Gasteiger charge is 2.51. The summed E-state index contributed by atoms with van der Waals surface area (Å²) in [5.74, 6) is -2.41. The number of hydrogen-bond donors (Lipinski definition) is 1. The van der Waals surface area contributed by atoms with E-state index in [1.807, 2.05) is 0 Å². The highest BCUT2D eigenvalue weighted by molar-refractivity contribution is 6.30. The Balaban J connectivity index is 1.76. The van der Waals surface area contributed by atoms with Gasteiger partial charge in [-0.2, -0.15) is 0 Å². The third-order valence-electron chi connectivity index (χ3n) is 5.04. The van der Waals surface area contributed by atoms with Crippen molar-refractivity contribution in [2.75, 3.05) is 5.32 Å². The van der Waals surface area contributed by atoms with Crippen molar-refractivity contribution in [2.45, 2.75) is 32.7 Å². The molecule has 1 heterocycles. The van der Waals surface area contributed by atoms with E-state index in [4.69, 9.17) is 11.6 Å². The van der Waals surface area contributed by atoms with Gasteiger partial charge in [-0.25, -0.2) is 0 Å². The summed E-state index contributed by atoms with van der Waals surface area (Å²) in [6, 6.07) is 3.27. The van der Waals surface area contributed by atoms with Crippen LogP contribution < -0.4 is 5.32 Å². The molecule has 9 heteroatoms. The summed E-state index contributed by atoms with van der Waals surface area (Å²) in [6.07, 6.45) is 2.41. The number of likely N-dealkylation sites (tertiary alicyclic amines) is 1. The Bertz CT molecular complexity index is 882. The molecule has 8 nitrogen and oxygen atoms in total. The molecule has 1 fully saturated rings. The summed E-state index contributed by atoms with van der Waals surface area (Å²) in [6.45, 7) is 3.05. The fraction of sp³-hybridized carbons (Fsp3) is 0.389. The van der Waals surface area contributed by atoms with Crippen molar-refractivity contribution in [1.82, 2.24) is 4.90 Å². The van der Waals surface area contributed by atoms with E-state index in [0.29, 0.717) is 23.4 Å². The molecule has 1 aliphatic carbocycles. The molecule has 3 rings (SSSR count). The number of nitro groups is 1. The zero-order chi connectivity index (χ0) is 19.9. The Morgan fingerprint density at radius 2 is 2.00 bits per heavy atom. The first kappa shape index (κ1) is 19.0. The Morgan fingerprint density at radius 1 is 1.33 bits per heavy atom. The molecule has 0 spiro atoms. The summed E-state index contributed by atoms with van der Waals surface area (Å²) < 4.78 is 0. The van der Waals surface area contributed by atoms with Crippen molar-refractivity contribution in [3.63, 3.8) is 0 Å². The average molecular weight is 392 g/mol. The molecule has 1 aromatic rings. The van der Waals surface area contributed by atoms with Crippen LogP contribution in [0.4, 0.5) is 11.4 Å². The molecule has 27 heavy (non-hydrogen) atoms. The molecule has 1 aliphatic heterocycles. The van der Waals surface area contributed by atoms with Crippen LogP contribution in [0.1, 0.15) is 25.3 Å². The van der Waals surface area contributed by atoms with Gasteiger partial charge in [0.2, 0.25) is 17.7 Å². The summed E-state index contributed by atoms with van der Waals surface area (Å²) in [5.41, 5.74) is 0.565. The van der Waals surface area contributed by atoms with E-state index in [-0.39, 0.29) is 17.3 Å². The maximum atomic E-state index is 12.6. The molecular weight excluding hydrogens is 374 g/mol. The van der Waals surface area contributed by atoms with E-state index in [0.717, 1.165) is 4.90 Å². The normalized spacial score (nSPS) is 22.9. The lowest BCUT2D eigenvalue weighted by Gasteiger charge is -2.22. The van der Waals surface area contributed by atoms with Gasteiger partial charge < -0.3 is 5.32 Å². The van der Waals surface area contributed by atoms with Gasteiger partial charge in [0.1, 0.15) is 6.04 Å².